The first-order chi connectivity index (χ1) is 14.0. The highest BCUT2D eigenvalue weighted by Gasteiger charge is 2.27. The number of ether oxygens (including phenoxy) is 1. The van der Waals surface area contributed by atoms with Crippen molar-refractivity contribution < 1.29 is 9.53 Å². The van der Waals surface area contributed by atoms with E-state index in [-0.39, 0.29) is 17.4 Å². The average molecular weight is 414 g/mol. The molecule has 1 aliphatic heterocycles. The fourth-order valence-corrected chi connectivity index (χ4v) is 4.42. The Bertz CT molecular complexity index is 1070. The molecule has 0 bridgehead atoms. The molecule has 0 saturated carbocycles. The lowest BCUT2D eigenvalue weighted by molar-refractivity contribution is -0.120. The number of amides is 1. The van der Waals surface area contributed by atoms with Crippen LogP contribution in [0.15, 0.2) is 35.1 Å². The molecule has 9 heteroatoms. The van der Waals surface area contributed by atoms with E-state index < -0.39 is 0 Å². The second kappa shape index (κ2) is 8.20. The van der Waals surface area contributed by atoms with Gasteiger partial charge in [-0.2, -0.15) is 4.52 Å². The van der Waals surface area contributed by atoms with Crippen molar-refractivity contribution in [1.82, 2.24) is 14.6 Å². The predicted molar refractivity (Wildman–Crippen MR) is 113 cm³/mol. The lowest BCUT2D eigenvalue weighted by Crippen LogP contribution is -2.38. The molecule has 0 unspecified atom stereocenters. The Morgan fingerprint density at radius 1 is 1.28 bits per heavy atom. The third-order valence-corrected chi connectivity index (χ3v) is 5.90. The van der Waals surface area contributed by atoms with Crippen LogP contribution in [0.1, 0.15) is 25.5 Å². The third kappa shape index (κ3) is 4.24. The van der Waals surface area contributed by atoms with Gasteiger partial charge in [-0.05, 0) is 51.0 Å². The van der Waals surface area contributed by atoms with E-state index in [1.165, 1.54) is 21.9 Å². The first-order valence-corrected chi connectivity index (χ1v) is 10.5. The Labute approximate surface area is 172 Å². The molecule has 0 atom stereocenters. The van der Waals surface area contributed by atoms with E-state index in [0.29, 0.717) is 17.3 Å². The highest BCUT2D eigenvalue weighted by atomic mass is 32.1. The minimum absolute atomic E-state index is 0.0339. The molecular formula is C20H23N5O3S. The predicted octanol–water partition coefficient (Wildman–Crippen LogP) is 2.71. The van der Waals surface area contributed by atoms with Gasteiger partial charge in [0.25, 0.3) is 5.56 Å². The molecule has 1 fully saturated rings. The van der Waals surface area contributed by atoms with Gasteiger partial charge in [0.15, 0.2) is 0 Å². The highest BCUT2D eigenvalue weighted by Crippen LogP contribution is 2.27. The van der Waals surface area contributed by atoms with E-state index in [9.17, 15) is 9.59 Å². The van der Waals surface area contributed by atoms with Crippen molar-refractivity contribution in [2.24, 2.45) is 5.92 Å². The summed E-state index contributed by atoms with van der Waals surface area (Å²) in [5.74, 6) is 0.778. The number of aryl methyl sites for hydroxylation is 1. The van der Waals surface area contributed by atoms with Gasteiger partial charge >= 0.3 is 0 Å². The second-order valence-corrected chi connectivity index (χ2v) is 7.96. The number of anilines is 2. The van der Waals surface area contributed by atoms with E-state index in [1.807, 2.05) is 31.2 Å². The number of aromatic nitrogens is 3. The molecule has 0 aliphatic carbocycles. The monoisotopic (exact) mass is 413 g/mol. The van der Waals surface area contributed by atoms with Crippen molar-refractivity contribution in [3.05, 3.63) is 46.4 Å². The summed E-state index contributed by atoms with van der Waals surface area (Å²) in [5, 5.41) is 8.17. The first-order valence-electron chi connectivity index (χ1n) is 9.69. The van der Waals surface area contributed by atoms with E-state index in [4.69, 9.17) is 4.74 Å². The molecule has 1 aromatic carbocycles. The lowest BCUT2D eigenvalue weighted by Gasteiger charge is -2.30. The maximum atomic E-state index is 12.6. The molecule has 0 radical (unpaired) electrons. The van der Waals surface area contributed by atoms with Crippen LogP contribution in [-0.4, -0.2) is 40.2 Å². The molecule has 152 valence electrons. The quantitative estimate of drug-likeness (QED) is 0.692. The molecule has 2 aromatic heterocycles. The molecule has 0 spiro atoms. The van der Waals surface area contributed by atoms with Crippen molar-refractivity contribution in [2.45, 2.75) is 26.7 Å². The van der Waals surface area contributed by atoms with E-state index in [1.54, 1.807) is 6.92 Å². The maximum Gasteiger partial charge on any atom is 0.275 e. The lowest BCUT2D eigenvalue weighted by atomic mass is 9.96. The fourth-order valence-electron chi connectivity index (χ4n) is 3.42. The molecule has 1 aliphatic rings. The maximum absolute atomic E-state index is 12.6. The van der Waals surface area contributed by atoms with Gasteiger partial charge in [0.1, 0.15) is 5.75 Å². The summed E-state index contributed by atoms with van der Waals surface area (Å²) >= 11 is 1.40. The number of hydrogen-bond acceptors (Lipinski definition) is 7. The molecule has 3 aromatic rings. The van der Waals surface area contributed by atoms with Crippen molar-refractivity contribution in [1.29, 1.82) is 0 Å². The number of nitrogens with zero attached hydrogens (tertiary/aromatic N) is 4. The summed E-state index contributed by atoms with van der Waals surface area (Å²) in [4.78, 5) is 31.8. The molecule has 1 saturated heterocycles. The third-order valence-electron chi connectivity index (χ3n) is 4.93. The van der Waals surface area contributed by atoms with Crippen LogP contribution in [0.4, 0.5) is 10.8 Å². The van der Waals surface area contributed by atoms with Crippen LogP contribution in [-0.2, 0) is 4.79 Å². The average Bonchev–Trinajstić information content (AvgIpc) is 3.14. The Balaban J connectivity index is 1.37. The molecule has 3 heterocycles. The smallest absolute Gasteiger partial charge is 0.275 e. The zero-order chi connectivity index (χ0) is 20.4. The fraction of sp³-hybridized carbons (Fsp3) is 0.400. The minimum atomic E-state index is -0.167. The van der Waals surface area contributed by atoms with Crippen LogP contribution < -0.4 is 20.5 Å². The number of benzene rings is 1. The van der Waals surface area contributed by atoms with Gasteiger partial charge in [-0.3, -0.25) is 9.59 Å². The summed E-state index contributed by atoms with van der Waals surface area (Å²) < 4.78 is 6.77. The van der Waals surface area contributed by atoms with Gasteiger partial charge < -0.3 is 15.0 Å². The van der Waals surface area contributed by atoms with Gasteiger partial charge in [-0.15, -0.1) is 5.10 Å². The summed E-state index contributed by atoms with van der Waals surface area (Å²) in [6, 6.07) is 8.89. The highest BCUT2D eigenvalue weighted by molar-refractivity contribution is 7.20. The van der Waals surface area contributed by atoms with Gasteiger partial charge in [0.2, 0.25) is 16.0 Å². The van der Waals surface area contributed by atoms with Gasteiger partial charge in [-0.1, -0.05) is 11.3 Å². The van der Waals surface area contributed by atoms with Crippen LogP contribution in [0, 0.1) is 12.8 Å². The zero-order valence-electron chi connectivity index (χ0n) is 16.4. The van der Waals surface area contributed by atoms with Crippen LogP contribution in [0.2, 0.25) is 0 Å². The van der Waals surface area contributed by atoms with Crippen molar-refractivity contribution in [3.8, 4) is 5.75 Å². The standard InChI is InChI=1S/C20H23N5O3S/c1-3-28-16-6-4-15(5-7-16)22-18(27)14-8-10-24(11-9-14)20-23-25-17(26)12-13(2)21-19(25)29-20/h4-7,12,14H,3,8-11H2,1-2H3,(H,22,27). The minimum Gasteiger partial charge on any atom is -0.494 e. The number of hydrogen-bond donors (Lipinski definition) is 1. The largest absolute Gasteiger partial charge is 0.494 e. The van der Waals surface area contributed by atoms with Gasteiger partial charge in [-0.25, -0.2) is 4.98 Å². The Hall–Kier alpha value is -2.94. The molecule has 8 nitrogen and oxygen atoms in total. The summed E-state index contributed by atoms with van der Waals surface area (Å²) in [6.45, 7) is 5.79. The van der Waals surface area contributed by atoms with Crippen molar-refractivity contribution in [2.75, 3.05) is 29.9 Å². The van der Waals surface area contributed by atoms with Gasteiger partial charge in [0.05, 0.1) is 6.61 Å². The summed E-state index contributed by atoms with van der Waals surface area (Å²) in [5.41, 5.74) is 1.29. The van der Waals surface area contributed by atoms with Crippen molar-refractivity contribution >= 4 is 33.0 Å². The number of fused-ring (bicyclic) bond motifs is 1. The first kappa shape index (κ1) is 19.4. The molecule has 4 rings (SSSR count). The summed E-state index contributed by atoms with van der Waals surface area (Å²) in [7, 11) is 0. The van der Waals surface area contributed by atoms with E-state index in [2.05, 4.69) is 20.3 Å². The van der Waals surface area contributed by atoms with Gasteiger partial charge in [0, 0.05) is 36.5 Å². The van der Waals surface area contributed by atoms with Crippen LogP contribution in [0.5, 0.6) is 5.75 Å². The molecule has 1 amide bonds. The summed E-state index contributed by atoms with van der Waals surface area (Å²) in [6.07, 6.45) is 1.47. The molecule has 29 heavy (non-hydrogen) atoms. The number of nitrogens with one attached hydrogen (secondary N) is 1. The number of piperidine rings is 1. The zero-order valence-corrected chi connectivity index (χ0v) is 17.2. The molecule has 1 N–H and O–H groups in total. The SMILES string of the molecule is CCOc1ccc(NC(=O)C2CCN(c3nn4c(=O)cc(C)nc4s3)CC2)cc1. The number of rotatable bonds is 5. The van der Waals surface area contributed by atoms with Crippen LogP contribution in [0.3, 0.4) is 0 Å². The molecular weight excluding hydrogens is 390 g/mol. The number of carbonyl (C=O) groups excluding carboxylic acids is 1. The van der Waals surface area contributed by atoms with Crippen LogP contribution in [0.25, 0.3) is 4.96 Å². The Kier molecular flexibility index (Phi) is 5.48. The van der Waals surface area contributed by atoms with Crippen LogP contribution >= 0.6 is 11.3 Å². The topological polar surface area (TPSA) is 88.8 Å². The van der Waals surface area contributed by atoms with E-state index in [0.717, 1.165) is 42.5 Å². The number of carbonyl (C=O) groups is 1. The normalized spacial score (nSPS) is 14.9. The Morgan fingerprint density at radius 2 is 2.00 bits per heavy atom. The van der Waals surface area contributed by atoms with Crippen molar-refractivity contribution in [3.63, 3.8) is 0 Å². The second-order valence-electron chi connectivity index (χ2n) is 7.02. The Morgan fingerprint density at radius 3 is 2.69 bits per heavy atom. The van der Waals surface area contributed by atoms with E-state index >= 15 is 0 Å².